The van der Waals surface area contributed by atoms with Crippen molar-refractivity contribution in [1.29, 1.82) is 0 Å². The predicted octanol–water partition coefficient (Wildman–Crippen LogP) is 1.75. The first-order valence-electron chi connectivity index (χ1n) is 7.40. The summed E-state index contributed by atoms with van der Waals surface area (Å²) in [5, 5.41) is 0. The minimum atomic E-state index is -0.718. The molecule has 6 nitrogen and oxygen atoms in total. The smallest absolute Gasteiger partial charge is 0.428 e. The topological polar surface area (TPSA) is 67.9 Å². The molecule has 1 saturated carbocycles. The van der Waals surface area contributed by atoms with Gasteiger partial charge in [-0.1, -0.05) is 30.3 Å². The third kappa shape index (κ3) is 5.37. The van der Waals surface area contributed by atoms with Gasteiger partial charge in [-0.15, -0.1) is 5.48 Å². The van der Waals surface area contributed by atoms with E-state index in [-0.39, 0.29) is 0 Å². The van der Waals surface area contributed by atoms with Crippen LogP contribution in [0.4, 0.5) is 4.79 Å². The van der Waals surface area contributed by atoms with Gasteiger partial charge in [0, 0.05) is 20.5 Å². The van der Waals surface area contributed by atoms with Crippen molar-refractivity contribution < 1.29 is 19.2 Å². The first-order valence-corrected chi connectivity index (χ1v) is 7.40. The average Bonchev–Trinajstić information content (AvgIpc) is 3.33. The van der Waals surface area contributed by atoms with Gasteiger partial charge in [-0.05, 0) is 24.3 Å². The van der Waals surface area contributed by atoms with Crippen LogP contribution in [0.25, 0.3) is 0 Å². The van der Waals surface area contributed by atoms with Crippen LogP contribution in [0.5, 0.6) is 0 Å². The van der Waals surface area contributed by atoms with Crippen LogP contribution in [0.3, 0.4) is 0 Å². The molecule has 1 amide bonds. The molecule has 1 aliphatic carbocycles. The lowest BCUT2D eigenvalue weighted by molar-refractivity contribution is -0.149. The summed E-state index contributed by atoms with van der Waals surface area (Å²) in [6.07, 6.45) is 2.05. The maximum Gasteiger partial charge on any atom is 0.428 e. The van der Waals surface area contributed by atoms with Crippen LogP contribution in [0.2, 0.25) is 0 Å². The molecule has 6 heteroatoms. The number of hydrogen-bond acceptors (Lipinski definition) is 5. The lowest BCUT2D eigenvalue weighted by Gasteiger charge is -2.18. The van der Waals surface area contributed by atoms with E-state index in [9.17, 15) is 9.59 Å². The molecule has 1 atom stereocenters. The Morgan fingerprint density at radius 1 is 1.27 bits per heavy atom. The van der Waals surface area contributed by atoms with Crippen LogP contribution in [0, 0.1) is 5.92 Å². The average molecular weight is 306 g/mol. The number of esters is 1. The molecule has 1 aliphatic rings. The van der Waals surface area contributed by atoms with Gasteiger partial charge in [0.2, 0.25) is 0 Å². The summed E-state index contributed by atoms with van der Waals surface area (Å²) in [6.45, 7) is 0.438. The summed E-state index contributed by atoms with van der Waals surface area (Å²) in [5.74, 6) is 0.0907. The number of amides is 1. The van der Waals surface area contributed by atoms with Gasteiger partial charge in [-0.3, -0.25) is 4.79 Å². The van der Waals surface area contributed by atoms with Gasteiger partial charge in [-0.25, -0.2) is 4.79 Å². The number of nitrogens with one attached hydrogen (secondary N) is 1. The third-order valence-electron chi connectivity index (χ3n) is 3.38. The second-order valence-electron chi connectivity index (χ2n) is 5.70. The van der Waals surface area contributed by atoms with Gasteiger partial charge in [0.15, 0.2) is 0 Å². The van der Waals surface area contributed by atoms with Crippen LogP contribution < -0.4 is 5.48 Å². The van der Waals surface area contributed by atoms with Crippen LogP contribution in [-0.4, -0.2) is 43.7 Å². The van der Waals surface area contributed by atoms with E-state index in [1.54, 1.807) is 14.1 Å². The van der Waals surface area contributed by atoms with Crippen molar-refractivity contribution in [1.82, 2.24) is 10.4 Å². The Morgan fingerprint density at radius 3 is 2.55 bits per heavy atom. The van der Waals surface area contributed by atoms with Crippen molar-refractivity contribution in [3.05, 3.63) is 35.9 Å². The molecule has 2 rings (SSSR count). The van der Waals surface area contributed by atoms with Crippen molar-refractivity contribution >= 4 is 12.1 Å². The van der Waals surface area contributed by atoms with E-state index in [1.807, 2.05) is 30.3 Å². The summed E-state index contributed by atoms with van der Waals surface area (Å²) >= 11 is 0. The highest BCUT2D eigenvalue weighted by atomic mass is 16.7. The molecule has 1 N–H and O–H groups in total. The number of hydroxylamine groups is 1. The molecule has 0 saturated heterocycles. The molecule has 22 heavy (non-hydrogen) atoms. The molecule has 1 fully saturated rings. The van der Waals surface area contributed by atoms with Gasteiger partial charge in [0.1, 0.15) is 6.04 Å². The highest BCUT2D eigenvalue weighted by molar-refractivity contribution is 5.76. The molecular weight excluding hydrogens is 284 g/mol. The molecule has 0 unspecified atom stereocenters. The largest absolute Gasteiger partial charge is 0.464 e. The molecule has 1 aromatic rings. The summed E-state index contributed by atoms with van der Waals surface area (Å²) in [7, 11) is 3.14. The Hall–Kier alpha value is -2.08. The van der Waals surface area contributed by atoms with Gasteiger partial charge >= 0.3 is 12.1 Å². The Bertz CT molecular complexity index is 500. The van der Waals surface area contributed by atoms with Crippen LogP contribution in [0.15, 0.2) is 30.3 Å². The maximum atomic E-state index is 12.2. The highest BCUT2D eigenvalue weighted by Crippen LogP contribution is 2.28. The molecular formula is C16H22N2O4. The maximum absolute atomic E-state index is 12.2. The molecule has 0 radical (unpaired) electrons. The lowest BCUT2D eigenvalue weighted by Crippen LogP contribution is -2.43. The zero-order valence-electron chi connectivity index (χ0n) is 13.0. The second kappa shape index (κ2) is 7.79. The fraction of sp³-hybridized carbons (Fsp3) is 0.500. The van der Waals surface area contributed by atoms with Crippen molar-refractivity contribution in [2.24, 2.45) is 5.92 Å². The van der Waals surface area contributed by atoms with Crippen molar-refractivity contribution in [2.45, 2.75) is 25.3 Å². The van der Waals surface area contributed by atoms with E-state index in [1.165, 1.54) is 4.90 Å². The zero-order chi connectivity index (χ0) is 15.9. The number of carbonyl (C=O) groups excluding carboxylic acids is 2. The number of nitrogens with zero attached hydrogens (tertiary/aromatic N) is 1. The first-order chi connectivity index (χ1) is 10.6. The van der Waals surface area contributed by atoms with Gasteiger partial charge in [0.05, 0.1) is 6.61 Å². The molecule has 0 spiro atoms. The van der Waals surface area contributed by atoms with Gasteiger partial charge in [0.25, 0.3) is 0 Å². The fourth-order valence-electron chi connectivity index (χ4n) is 1.82. The molecule has 0 heterocycles. The minimum absolute atomic E-state index is 0.394. The highest BCUT2D eigenvalue weighted by Gasteiger charge is 2.27. The van der Waals surface area contributed by atoms with E-state index >= 15 is 0 Å². The summed E-state index contributed by atoms with van der Waals surface area (Å²) in [6, 6.07) is 8.81. The molecule has 120 valence electrons. The van der Waals surface area contributed by atoms with E-state index in [2.05, 4.69) is 5.48 Å². The molecule has 0 aromatic heterocycles. The number of carbonyl (C=O) groups is 2. The van der Waals surface area contributed by atoms with Crippen molar-refractivity contribution in [2.75, 3.05) is 20.7 Å². The zero-order valence-corrected chi connectivity index (χ0v) is 13.0. The van der Waals surface area contributed by atoms with Crippen molar-refractivity contribution in [3.8, 4) is 0 Å². The van der Waals surface area contributed by atoms with E-state index < -0.39 is 18.1 Å². The number of benzene rings is 1. The summed E-state index contributed by atoms with van der Waals surface area (Å²) in [4.78, 5) is 29.9. The molecule has 1 aromatic carbocycles. The molecule has 0 bridgehead atoms. The summed E-state index contributed by atoms with van der Waals surface area (Å²) in [5.41, 5.74) is 3.49. The Balaban J connectivity index is 1.92. The van der Waals surface area contributed by atoms with E-state index in [0.717, 1.165) is 18.4 Å². The SMILES string of the molecule is CN(C)C(=O)ON[C@@H](Cc1ccccc1)C(=O)OCC1CC1. The monoisotopic (exact) mass is 306 g/mol. The van der Waals surface area contributed by atoms with E-state index in [0.29, 0.717) is 18.9 Å². The number of rotatable bonds is 7. The Labute approximate surface area is 130 Å². The lowest BCUT2D eigenvalue weighted by atomic mass is 10.1. The summed E-state index contributed by atoms with van der Waals surface area (Å²) < 4.78 is 5.29. The first kappa shape index (κ1) is 16.3. The van der Waals surface area contributed by atoms with Crippen LogP contribution in [0.1, 0.15) is 18.4 Å². The van der Waals surface area contributed by atoms with Gasteiger partial charge < -0.3 is 14.5 Å². The molecule has 0 aliphatic heterocycles. The second-order valence-corrected chi connectivity index (χ2v) is 5.70. The fourth-order valence-corrected chi connectivity index (χ4v) is 1.82. The number of hydrogen-bond donors (Lipinski definition) is 1. The Morgan fingerprint density at radius 2 is 1.95 bits per heavy atom. The van der Waals surface area contributed by atoms with Crippen molar-refractivity contribution in [3.63, 3.8) is 0 Å². The Kier molecular flexibility index (Phi) is 5.77. The third-order valence-corrected chi connectivity index (χ3v) is 3.38. The van der Waals surface area contributed by atoms with Crippen LogP contribution >= 0.6 is 0 Å². The normalized spacial score (nSPS) is 15.0. The minimum Gasteiger partial charge on any atom is -0.464 e. The predicted molar refractivity (Wildman–Crippen MR) is 80.9 cm³/mol. The van der Waals surface area contributed by atoms with Gasteiger partial charge in [-0.2, -0.15) is 0 Å². The quantitative estimate of drug-likeness (QED) is 0.614. The standard InChI is InChI=1S/C16H22N2O4/c1-18(2)16(20)22-17-14(10-12-6-4-3-5-7-12)15(19)21-11-13-8-9-13/h3-7,13-14,17H,8-11H2,1-2H3/t14-/m0/s1. The van der Waals surface area contributed by atoms with E-state index in [4.69, 9.17) is 9.57 Å². The van der Waals surface area contributed by atoms with Crippen LogP contribution in [-0.2, 0) is 20.8 Å². The number of ether oxygens (including phenoxy) is 1.